The maximum Gasteiger partial charge on any atom is 0.227 e. The van der Waals surface area contributed by atoms with Gasteiger partial charge in [-0.05, 0) is 48.4 Å². The molecule has 3 aromatic carbocycles. The van der Waals surface area contributed by atoms with Crippen LogP contribution in [0.1, 0.15) is 23.7 Å². The van der Waals surface area contributed by atoms with Gasteiger partial charge in [0.1, 0.15) is 5.82 Å². The molecule has 1 amide bonds. The maximum atomic E-state index is 12.8. The zero-order valence-corrected chi connectivity index (χ0v) is 18.1. The molecule has 0 N–H and O–H groups in total. The van der Waals surface area contributed by atoms with E-state index in [4.69, 9.17) is 4.98 Å². The second-order valence-electron chi connectivity index (χ2n) is 7.73. The molecule has 30 heavy (non-hydrogen) atoms. The minimum Gasteiger partial charge on any atom is -0.327 e. The van der Waals surface area contributed by atoms with Crippen LogP contribution < -0.4 is 4.90 Å². The molecule has 0 bridgehead atoms. The van der Waals surface area contributed by atoms with Crippen molar-refractivity contribution in [2.45, 2.75) is 25.3 Å². The standard InChI is InChI=1S/C25H22BrN3O/c26-20-10-12-21(13-11-20)29-17-19(16-24(29)30)25-27-22-8-4-5-9-23(22)28(25)15-14-18-6-2-1-3-7-18/h1-13,19H,14-17H2/t19-/m0/s1. The van der Waals surface area contributed by atoms with Crippen LogP contribution in [-0.4, -0.2) is 22.0 Å². The molecular formula is C25H22BrN3O. The number of carbonyl (C=O) groups excluding carboxylic acids is 1. The number of hydrogen-bond acceptors (Lipinski definition) is 2. The van der Waals surface area contributed by atoms with Gasteiger partial charge in [0, 0.05) is 35.6 Å². The summed E-state index contributed by atoms with van der Waals surface area (Å²) in [5.74, 6) is 1.26. The Morgan fingerprint density at radius 3 is 2.47 bits per heavy atom. The average molecular weight is 460 g/mol. The molecule has 4 aromatic rings. The lowest BCUT2D eigenvalue weighted by atomic mass is 10.1. The van der Waals surface area contributed by atoms with Crippen LogP contribution in [0.5, 0.6) is 0 Å². The number of aryl methyl sites for hydroxylation is 2. The molecule has 2 heterocycles. The summed E-state index contributed by atoms with van der Waals surface area (Å²) in [7, 11) is 0. The van der Waals surface area contributed by atoms with Gasteiger partial charge >= 0.3 is 0 Å². The van der Waals surface area contributed by atoms with Gasteiger partial charge in [-0.25, -0.2) is 4.98 Å². The van der Waals surface area contributed by atoms with Gasteiger partial charge in [0.05, 0.1) is 11.0 Å². The van der Waals surface area contributed by atoms with Crippen molar-refractivity contribution in [3.05, 3.63) is 94.7 Å². The fourth-order valence-electron chi connectivity index (χ4n) is 4.28. The van der Waals surface area contributed by atoms with E-state index < -0.39 is 0 Å². The Balaban J connectivity index is 1.46. The van der Waals surface area contributed by atoms with E-state index in [0.29, 0.717) is 13.0 Å². The summed E-state index contributed by atoms with van der Waals surface area (Å²) >= 11 is 3.47. The summed E-state index contributed by atoms with van der Waals surface area (Å²) in [6.45, 7) is 1.51. The first-order chi connectivity index (χ1) is 14.7. The van der Waals surface area contributed by atoms with Gasteiger partial charge in [0.2, 0.25) is 5.91 Å². The van der Waals surface area contributed by atoms with Crippen LogP contribution in [0.3, 0.4) is 0 Å². The quantitative estimate of drug-likeness (QED) is 0.391. The van der Waals surface area contributed by atoms with Crippen LogP contribution >= 0.6 is 15.9 Å². The molecule has 1 saturated heterocycles. The lowest BCUT2D eigenvalue weighted by Crippen LogP contribution is -2.24. The molecule has 0 aliphatic carbocycles. The highest BCUT2D eigenvalue weighted by Crippen LogP contribution is 2.33. The molecule has 0 radical (unpaired) electrons. The minimum atomic E-state index is 0.0873. The lowest BCUT2D eigenvalue weighted by molar-refractivity contribution is -0.117. The molecule has 0 unspecified atom stereocenters. The SMILES string of the molecule is O=C1C[C@H](c2nc3ccccc3n2CCc2ccccc2)CN1c1ccc(Br)cc1. The number of benzene rings is 3. The van der Waals surface area contributed by atoms with Gasteiger partial charge in [0.25, 0.3) is 0 Å². The summed E-state index contributed by atoms with van der Waals surface area (Å²) in [5, 5.41) is 0. The van der Waals surface area contributed by atoms with Crippen molar-refractivity contribution in [2.24, 2.45) is 0 Å². The van der Waals surface area contributed by atoms with Crippen LogP contribution in [-0.2, 0) is 17.8 Å². The first-order valence-corrected chi connectivity index (χ1v) is 11.0. The van der Waals surface area contributed by atoms with E-state index in [1.165, 1.54) is 5.56 Å². The summed E-state index contributed by atoms with van der Waals surface area (Å²) < 4.78 is 3.32. The zero-order chi connectivity index (χ0) is 20.5. The molecule has 5 rings (SSSR count). The normalized spacial score (nSPS) is 16.5. The van der Waals surface area contributed by atoms with Crippen molar-refractivity contribution in [2.75, 3.05) is 11.4 Å². The number of rotatable bonds is 5. The topological polar surface area (TPSA) is 38.1 Å². The number of fused-ring (bicyclic) bond motifs is 1. The number of carbonyl (C=O) groups is 1. The molecule has 0 saturated carbocycles. The van der Waals surface area contributed by atoms with Gasteiger partial charge in [-0.2, -0.15) is 0 Å². The largest absolute Gasteiger partial charge is 0.327 e. The van der Waals surface area contributed by atoms with Crippen molar-refractivity contribution >= 4 is 38.6 Å². The number of halogens is 1. The van der Waals surface area contributed by atoms with Crippen molar-refractivity contribution in [1.82, 2.24) is 9.55 Å². The van der Waals surface area contributed by atoms with Crippen molar-refractivity contribution < 1.29 is 4.79 Å². The molecule has 1 aromatic heterocycles. The van der Waals surface area contributed by atoms with Gasteiger partial charge < -0.3 is 9.47 Å². The second-order valence-corrected chi connectivity index (χ2v) is 8.64. The van der Waals surface area contributed by atoms with E-state index in [1.807, 2.05) is 41.3 Å². The molecule has 5 heteroatoms. The molecule has 1 fully saturated rings. The van der Waals surface area contributed by atoms with E-state index in [1.54, 1.807) is 0 Å². The second kappa shape index (κ2) is 8.07. The maximum absolute atomic E-state index is 12.8. The smallest absolute Gasteiger partial charge is 0.227 e. The molecule has 0 spiro atoms. The minimum absolute atomic E-state index is 0.0873. The van der Waals surface area contributed by atoms with Gasteiger partial charge in [0.15, 0.2) is 0 Å². The van der Waals surface area contributed by atoms with Crippen LogP contribution in [0.25, 0.3) is 11.0 Å². The number of hydrogen-bond donors (Lipinski definition) is 0. The Bertz CT molecular complexity index is 1180. The number of amides is 1. The van der Waals surface area contributed by atoms with E-state index in [9.17, 15) is 4.79 Å². The van der Waals surface area contributed by atoms with E-state index in [-0.39, 0.29) is 11.8 Å². The number of imidazole rings is 1. The fraction of sp³-hybridized carbons (Fsp3) is 0.200. The third kappa shape index (κ3) is 3.65. The van der Waals surface area contributed by atoms with Crippen LogP contribution in [0.2, 0.25) is 0 Å². The Morgan fingerprint density at radius 2 is 1.67 bits per heavy atom. The fourth-order valence-corrected chi connectivity index (χ4v) is 4.54. The third-order valence-electron chi connectivity index (χ3n) is 5.78. The molecule has 150 valence electrons. The highest BCUT2D eigenvalue weighted by Gasteiger charge is 2.34. The van der Waals surface area contributed by atoms with Gasteiger partial charge in [-0.3, -0.25) is 4.79 Å². The van der Waals surface area contributed by atoms with Gasteiger partial charge in [-0.15, -0.1) is 0 Å². The predicted molar refractivity (Wildman–Crippen MR) is 124 cm³/mol. The first kappa shape index (κ1) is 19.1. The number of anilines is 1. The van der Waals surface area contributed by atoms with Gasteiger partial charge in [-0.1, -0.05) is 58.4 Å². The van der Waals surface area contributed by atoms with Crippen LogP contribution in [0.4, 0.5) is 5.69 Å². The van der Waals surface area contributed by atoms with Crippen LogP contribution in [0, 0.1) is 0 Å². The molecular weight excluding hydrogens is 438 g/mol. The van der Waals surface area contributed by atoms with Crippen LogP contribution in [0.15, 0.2) is 83.3 Å². The summed E-state index contributed by atoms with van der Waals surface area (Å²) in [6, 6.07) is 26.7. The average Bonchev–Trinajstić information content (AvgIpc) is 3.34. The first-order valence-electron chi connectivity index (χ1n) is 10.2. The summed E-state index contributed by atoms with van der Waals surface area (Å²) in [5.41, 5.74) is 4.38. The Hall–Kier alpha value is -2.92. The third-order valence-corrected chi connectivity index (χ3v) is 6.31. The summed E-state index contributed by atoms with van der Waals surface area (Å²) in [4.78, 5) is 19.7. The van der Waals surface area contributed by atoms with E-state index >= 15 is 0 Å². The van der Waals surface area contributed by atoms with E-state index in [2.05, 4.69) is 63.0 Å². The Morgan fingerprint density at radius 1 is 0.933 bits per heavy atom. The van der Waals surface area contributed by atoms with Crippen molar-refractivity contribution in [3.63, 3.8) is 0 Å². The lowest BCUT2D eigenvalue weighted by Gasteiger charge is -2.17. The van der Waals surface area contributed by atoms with Crippen molar-refractivity contribution in [3.8, 4) is 0 Å². The predicted octanol–water partition coefficient (Wildman–Crippen LogP) is 5.56. The highest BCUT2D eigenvalue weighted by molar-refractivity contribution is 9.10. The highest BCUT2D eigenvalue weighted by atomic mass is 79.9. The Labute approximate surface area is 184 Å². The Kier molecular flexibility index (Phi) is 5.13. The molecule has 1 aliphatic rings. The summed E-state index contributed by atoms with van der Waals surface area (Å²) in [6.07, 6.45) is 1.43. The number of nitrogens with zero attached hydrogens (tertiary/aromatic N) is 3. The molecule has 1 atom stereocenters. The monoisotopic (exact) mass is 459 g/mol. The molecule has 4 nitrogen and oxygen atoms in total. The zero-order valence-electron chi connectivity index (χ0n) is 16.5. The van der Waals surface area contributed by atoms with Crippen molar-refractivity contribution in [1.29, 1.82) is 0 Å². The number of aromatic nitrogens is 2. The van der Waals surface area contributed by atoms with E-state index in [0.717, 1.165) is 40.0 Å². The molecule has 1 aliphatic heterocycles. The number of para-hydroxylation sites is 2.